The largest absolute Gasteiger partial charge is 0.466 e. The zero-order valence-corrected chi connectivity index (χ0v) is 13.6. The molecule has 0 spiro atoms. The molecular formula is C14H25N3O2S. The van der Waals surface area contributed by atoms with Crippen molar-refractivity contribution < 1.29 is 9.53 Å². The molecule has 0 aromatic carbocycles. The first-order valence-electron chi connectivity index (χ1n) is 7.10. The lowest BCUT2D eigenvalue weighted by Gasteiger charge is -2.23. The maximum Gasteiger partial charge on any atom is 0.311 e. The maximum absolute atomic E-state index is 11.3. The molecule has 1 atom stereocenters. The van der Waals surface area contributed by atoms with Crippen molar-refractivity contribution in [2.24, 2.45) is 0 Å². The molecule has 0 radical (unpaired) electrons. The van der Waals surface area contributed by atoms with Crippen LogP contribution in [0.25, 0.3) is 0 Å². The van der Waals surface area contributed by atoms with Crippen LogP contribution in [0, 0.1) is 0 Å². The first-order chi connectivity index (χ1) is 9.56. The molecule has 0 aliphatic rings. The summed E-state index contributed by atoms with van der Waals surface area (Å²) in [5.41, 5.74) is 0.770. The van der Waals surface area contributed by atoms with Crippen LogP contribution in [0.1, 0.15) is 32.9 Å². The highest BCUT2D eigenvalue weighted by atomic mass is 32.1. The molecule has 1 aromatic rings. The van der Waals surface area contributed by atoms with Crippen molar-refractivity contribution in [1.29, 1.82) is 0 Å². The lowest BCUT2D eigenvalue weighted by atomic mass is 10.2. The smallest absolute Gasteiger partial charge is 0.311 e. The number of aromatic nitrogens is 1. The number of nitrogens with one attached hydrogen (secondary N) is 1. The zero-order chi connectivity index (χ0) is 15.0. The fourth-order valence-electron chi connectivity index (χ4n) is 1.70. The summed E-state index contributed by atoms with van der Waals surface area (Å²) in [7, 11) is 2.13. The molecule has 0 saturated heterocycles. The third-order valence-corrected chi connectivity index (χ3v) is 4.12. The van der Waals surface area contributed by atoms with Crippen LogP contribution in [0.15, 0.2) is 5.38 Å². The predicted molar refractivity (Wildman–Crippen MR) is 83.3 cm³/mol. The quantitative estimate of drug-likeness (QED) is 0.710. The van der Waals surface area contributed by atoms with Crippen molar-refractivity contribution in [2.45, 2.75) is 39.7 Å². The minimum Gasteiger partial charge on any atom is -0.466 e. The standard InChI is InChI=1S/C14H25N3O2S/c1-5-11(3)17(4)8-7-15-14-16-12(10-20-14)9-13(18)19-6-2/h10-11H,5-9H2,1-4H3,(H,15,16). The summed E-state index contributed by atoms with van der Waals surface area (Å²) in [4.78, 5) is 18.1. The van der Waals surface area contributed by atoms with Crippen molar-refractivity contribution >= 4 is 22.4 Å². The van der Waals surface area contributed by atoms with Gasteiger partial charge in [-0.2, -0.15) is 0 Å². The van der Waals surface area contributed by atoms with Crippen LogP contribution in [0.2, 0.25) is 0 Å². The molecule has 0 aliphatic carbocycles. The summed E-state index contributed by atoms with van der Waals surface area (Å²) >= 11 is 1.53. The molecule has 1 unspecified atom stereocenters. The van der Waals surface area contributed by atoms with E-state index in [0.29, 0.717) is 12.6 Å². The second kappa shape index (κ2) is 8.92. The molecular weight excluding hydrogens is 274 g/mol. The topological polar surface area (TPSA) is 54.5 Å². The molecule has 0 fully saturated rings. The first kappa shape index (κ1) is 16.9. The highest BCUT2D eigenvalue weighted by Gasteiger charge is 2.09. The van der Waals surface area contributed by atoms with Gasteiger partial charge < -0.3 is 15.0 Å². The summed E-state index contributed by atoms with van der Waals surface area (Å²) in [5.74, 6) is -0.221. The summed E-state index contributed by atoms with van der Waals surface area (Å²) in [6.07, 6.45) is 1.40. The Morgan fingerprint density at radius 3 is 2.95 bits per heavy atom. The van der Waals surface area contributed by atoms with Gasteiger partial charge in [-0.1, -0.05) is 6.92 Å². The molecule has 20 heavy (non-hydrogen) atoms. The van der Waals surface area contributed by atoms with Crippen LogP contribution < -0.4 is 5.32 Å². The van der Waals surface area contributed by atoms with Gasteiger partial charge in [0.2, 0.25) is 0 Å². The number of carbonyl (C=O) groups is 1. The van der Waals surface area contributed by atoms with E-state index in [9.17, 15) is 4.79 Å². The Hall–Kier alpha value is -1.14. The van der Waals surface area contributed by atoms with E-state index in [2.05, 4.69) is 36.1 Å². The Kier molecular flexibility index (Phi) is 7.54. The van der Waals surface area contributed by atoms with Crippen LogP contribution >= 0.6 is 11.3 Å². The summed E-state index contributed by atoms with van der Waals surface area (Å²) in [6.45, 7) is 8.46. The number of anilines is 1. The first-order valence-corrected chi connectivity index (χ1v) is 7.98. The number of thiazole rings is 1. The Labute approximate surface area is 125 Å². The van der Waals surface area contributed by atoms with E-state index in [4.69, 9.17) is 4.74 Å². The predicted octanol–water partition coefficient (Wildman–Crippen LogP) is 2.39. The van der Waals surface area contributed by atoms with Crippen molar-refractivity contribution in [2.75, 3.05) is 32.1 Å². The molecule has 0 amide bonds. The van der Waals surface area contributed by atoms with Crippen molar-refractivity contribution in [3.63, 3.8) is 0 Å². The van der Waals surface area contributed by atoms with Crippen LogP contribution in [0.5, 0.6) is 0 Å². The van der Waals surface area contributed by atoms with Gasteiger partial charge >= 0.3 is 5.97 Å². The SMILES string of the molecule is CCOC(=O)Cc1csc(NCCN(C)C(C)CC)n1. The normalized spacial score (nSPS) is 12.4. The second-order valence-corrected chi connectivity index (χ2v) is 5.65. The molecule has 5 nitrogen and oxygen atoms in total. The second-order valence-electron chi connectivity index (χ2n) is 4.79. The fraction of sp³-hybridized carbons (Fsp3) is 0.714. The number of likely N-dealkylation sites (N-methyl/N-ethyl adjacent to an activating group) is 1. The van der Waals surface area contributed by atoms with E-state index >= 15 is 0 Å². The number of esters is 1. The molecule has 0 bridgehead atoms. The average molecular weight is 299 g/mol. The van der Waals surface area contributed by atoms with Gasteiger partial charge in [0.25, 0.3) is 0 Å². The van der Waals surface area contributed by atoms with E-state index in [0.717, 1.165) is 30.3 Å². The van der Waals surface area contributed by atoms with Crippen LogP contribution in [-0.4, -0.2) is 48.6 Å². The van der Waals surface area contributed by atoms with Crippen LogP contribution in [0.4, 0.5) is 5.13 Å². The number of carbonyl (C=O) groups excluding carboxylic acids is 1. The van der Waals surface area contributed by atoms with Crippen molar-refractivity contribution in [1.82, 2.24) is 9.88 Å². The highest BCUT2D eigenvalue weighted by molar-refractivity contribution is 7.13. The number of ether oxygens (including phenoxy) is 1. The minimum atomic E-state index is -0.221. The monoisotopic (exact) mass is 299 g/mol. The van der Waals surface area contributed by atoms with Crippen molar-refractivity contribution in [3.05, 3.63) is 11.1 Å². The highest BCUT2D eigenvalue weighted by Crippen LogP contribution is 2.15. The number of hydrogen-bond donors (Lipinski definition) is 1. The lowest BCUT2D eigenvalue weighted by Crippen LogP contribution is -2.32. The van der Waals surface area contributed by atoms with E-state index in [1.807, 2.05) is 5.38 Å². The molecule has 1 N–H and O–H groups in total. The molecule has 0 saturated carbocycles. The van der Waals surface area contributed by atoms with E-state index in [1.165, 1.54) is 11.3 Å². The number of hydrogen-bond acceptors (Lipinski definition) is 6. The average Bonchev–Trinajstić information content (AvgIpc) is 2.85. The molecule has 1 aromatic heterocycles. The van der Waals surface area contributed by atoms with Crippen LogP contribution in [0.3, 0.4) is 0 Å². The third kappa shape index (κ3) is 5.88. The van der Waals surface area contributed by atoms with Crippen molar-refractivity contribution in [3.8, 4) is 0 Å². The van der Waals surface area contributed by atoms with E-state index in [1.54, 1.807) is 6.92 Å². The van der Waals surface area contributed by atoms with Gasteiger partial charge in [-0.25, -0.2) is 4.98 Å². The van der Waals surface area contributed by atoms with Gasteiger partial charge in [-0.05, 0) is 27.3 Å². The zero-order valence-electron chi connectivity index (χ0n) is 12.8. The van der Waals surface area contributed by atoms with Crippen LogP contribution in [-0.2, 0) is 16.0 Å². The summed E-state index contributed by atoms with van der Waals surface area (Å²) < 4.78 is 4.90. The van der Waals surface area contributed by atoms with E-state index < -0.39 is 0 Å². The lowest BCUT2D eigenvalue weighted by molar-refractivity contribution is -0.142. The van der Waals surface area contributed by atoms with Gasteiger partial charge in [-0.15, -0.1) is 11.3 Å². The molecule has 6 heteroatoms. The number of nitrogens with zero attached hydrogens (tertiary/aromatic N) is 2. The van der Waals surface area contributed by atoms with E-state index in [-0.39, 0.29) is 12.4 Å². The van der Waals surface area contributed by atoms with Gasteiger partial charge in [0.05, 0.1) is 18.7 Å². The van der Waals surface area contributed by atoms with Gasteiger partial charge in [0.15, 0.2) is 5.13 Å². The fourth-order valence-corrected chi connectivity index (χ4v) is 2.44. The number of rotatable bonds is 9. The molecule has 0 aliphatic heterocycles. The summed E-state index contributed by atoms with van der Waals surface area (Å²) in [6, 6.07) is 0.590. The van der Waals surface area contributed by atoms with Gasteiger partial charge in [0, 0.05) is 24.5 Å². The maximum atomic E-state index is 11.3. The van der Waals surface area contributed by atoms with Gasteiger partial charge in [0.1, 0.15) is 0 Å². The Bertz CT molecular complexity index is 409. The molecule has 114 valence electrons. The minimum absolute atomic E-state index is 0.221. The van der Waals surface area contributed by atoms with Gasteiger partial charge in [-0.3, -0.25) is 4.79 Å². The molecule has 1 heterocycles. The molecule has 1 rings (SSSR count). The summed E-state index contributed by atoms with van der Waals surface area (Å²) in [5, 5.41) is 6.06. The third-order valence-electron chi connectivity index (χ3n) is 3.27. The Morgan fingerprint density at radius 1 is 1.55 bits per heavy atom. The Balaban J connectivity index is 2.32. The Morgan fingerprint density at radius 2 is 2.30 bits per heavy atom.